The van der Waals surface area contributed by atoms with Crippen LogP contribution in [0.2, 0.25) is 0 Å². The molecular weight excluding hydrogens is 241 g/mol. The number of carbonyl (C=O) groups is 1. The van der Waals surface area contributed by atoms with Gasteiger partial charge in [0, 0.05) is 6.07 Å². The minimum atomic E-state index is -4.46. The van der Waals surface area contributed by atoms with E-state index < -0.39 is 18.9 Å². The number of benzene rings is 1. The minimum absolute atomic E-state index is 0.0304. The third-order valence-electron chi connectivity index (χ3n) is 1.67. The van der Waals surface area contributed by atoms with Gasteiger partial charge in [0.05, 0.1) is 11.4 Å². The Kier molecular flexibility index (Phi) is 3.66. The fraction of sp³-hybridized carbons (Fsp3) is 0.222. The molecule has 1 rings (SSSR count). The van der Waals surface area contributed by atoms with Crippen molar-refractivity contribution in [3.8, 4) is 5.75 Å². The van der Waals surface area contributed by atoms with Crippen LogP contribution in [0.1, 0.15) is 0 Å². The molecule has 5 nitrogen and oxygen atoms in total. The van der Waals surface area contributed by atoms with Crippen LogP contribution in [0, 0.1) is 0 Å². The van der Waals surface area contributed by atoms with Gasteiger partial charge in [-0.05, 0) is 12.1 Å². The van der Waals surface area contributed by atoms with Crippen molar-refractivity contribution < 1.29 is 27.8 Å². The highest BCUT2D eigenvalue weighted by Gasteiger charge is 2.28. The fourth-order valence-corrected chi connectivity index (χ4v) is 1.01. The molecule has 0 fully saturated rings. The zero-order valence-electron chi connectivity index (χ0n) is 8.41. The second-order valence-electron chi connectivity index (χ2n) is 3.08. The number of alkyl halides is 3. The summed E-state index contributed by atoms with van der Waals surface area (Å²) in [6.45, 7) is -1.45. The summed E-state index contributed by atoms with van der Waals surface area (Å²) in [6, 6.07) is 3.54. The van der Waals surface area contributed by atoms with Crippen LogP contribution in [0.5, 0.6) is 5.75 Å². The van der Waals surface area contributed by atoms with Crippen LogP contribution in [0.15, 0.2) is 18.2 Å². The van der Waals surface area contributed by atoms with E-state index in [-0.39, 0.29) is 17.1 Å². The van der Waals surface area contributed by atoms with E-state index >= 15 is 0 Å². The van der Waals surface area contributed by atoms with E-state index in [0.717, 1.165) is 6.07 Å². The van der Waals surface area contributed by atoms with E-state index in [9.17, 15) is 18.0 Å². The molecule has 0 aliphatic carbocycles. The number of amides is 1. The lowest BCUT2D eigenvalue weighted by Gasteiger charge is -2.11. The monoisotopic (exact) mass is 250 g/mol. The molecule has 0 aromatic heterocycles. The summed E-state index contributed by atoms with van der Waals surface area (Å²) in [6.07, 6.45) is -5.83. The van der Waals surface area contributed by atoms with Crippen molar-refractivity contribution >= 4 is 17.5 Å². The van der Waals surface area contributed by atoms with E-state index in [0.29, 0.717) is 0 Å². The fourth-order valence-electron chi connectivity index (χ4n) is 1.01. The predicted molar refractivity (Wildman–Crippen MR) is 54.1 cm³/mol. The SMILES string of the molecule is Nc1ccc(OCC(F)(F)F)cc1NC(=O)O. The number of nitrogen functional groups attached to an aromatic ring is 1. The molecule has 1 aromatic carbocycles. The molecule has 8 heteroatoms. The summed E-state index contributed by atoms with van der Waals surface area (Å²) in [5.41, 5.74) is 5.48. The Hall–Kier alpha value is -2.12. The van der Waals surface area contributed by atoms with Crippen molar-refractivity contribution in [2.45, 2.75) is 6.18 Å². The number of nitrogens with two attached hydrogens (primary N) is 1. The lowest BCUT2D eigenvalue weighted by Crippen LogP contribution is -2.19. The third-order valence-corrected chi connectivity index (χ3v) is 1.67. The molecule has 1 aromatic rings. The van der Waals surface area contributed by atoms with Gasteiger partial charge < -0.3 is 15.6 Å². The number of anilines is 2. The van der Waals surface area contributed by atoms with Crippen LogP contribution < -0.4 is 15.8 Å². The van der Waals surface area contributed by atoms with E-state index in [1.807, 2.05) is 5.32 Å². The second kappa shape index (κ2) is 4.81. The maximum atomic E-state index is 11.9. The van der Waals surface area contributed by atoms with Crippen molar-refractivity contribution in [2.75, 3.05) is 17.7 Å². The first-order valence-electron chi connectivity index (χ1n) is 4.37. The molecule has 0 aliphatic rings. The van der Waals surface area contributed by atoms with Crippen molar-refractivity contribution in [2.24, 2.45) is 0 Å². The van der Waals surface area contributed by atoms with E-state index in [1.54, 1.807) is 0 Å². The molecule has 0 heterocycles. The van der Waals surface area contributed by atoms with Gasteiger partial charge in [-0.2, -0.15) is 13.2 Å². The van der Waals surface area contributed by atoms with Gasteiger partial charge in [-0.1, -0.05) is 0 Å². The van der Waals surface area contributed by atoms with Gasteiger partial charge in [0.1, 0.15) is 5.75 Å². The smallest absolute Gasteiger partial charge is 0.422 e. The maximum Gasteiger partial charge on any atom is 0.422 e. The topological polar surface area (TPSA) is 84.6 Å². The number of rotatable bonds is 3. The van der Waals surface area contributed by atoms with Crippen LogP contribution in [0.4, 0.5) is 29.3 Å². The number of halogens is 3. The molecule has 0 saturated carbocycles. The van der Waals surface area contributed by atoms with E-state index in [2.05, 4.69) is 4.74 Å². The Morgan fingerprint density at radius 3 is 2.65 bits per heavy atom. The van der Waals surface area contributed by atoms with Gasteiger partial charge in [0.2, 0.25) is 0 Å². The lowest BCUT2D eigenvalue weighted by atomic mass is 10.2. The molecule has 0 radical (unpaired) electrons. The zero-order valence-corrected chi connectivity index (χ0v) is 8.41. The highest BCUT2D eigenvalue weighted by atomic mass is 19.4. The Labute approximate surface area is 94.0 Å². The lowest BCUT2D eigenvalue weighted by molar-refractivity contribution is -0.153. The highest BCUT2D eigenvalue weighted by Crippen LogP contribution is 2.26. The zero-order chi connectivity index (χ0) is 13.1. The summed E-state index contributed by atoms with van der Waals surface area (Å²) in [7, 11) is 0. The van der Waals surface area contributed by atoms with Crippen molar-refractivity contribution in [3.05, 3.63) is 18.2 Å². The summed E-state index contributed by atoms with van der Waals surface area (Å²) in [4.78, 5) is 10.4. The predicted octanol–water partition coefficient (Wildman–Crippen LogP) is 2.30. The van der Waals surface area contributed by atoms with Crippen molar-refractivity contribution in [3.63, 3.8) is 0 Å². The van der Waals surface area contributed by atoms with Gasteiger partial charge in [-0.15, -0.1) is 0 Å². The largest absolute Gasteiger partial charge is 0.484 e. The first kappa shape index (κ1) is 12.9. The Morgan fingerprint density at radius 1 is 1.47 bits per heavy atom. The number of hydrogen-bond acceptors (Lipinski definition) is 3. The van der Waals surface area contributed by atoms with Gasteiger partial charge in [-0.3, -0.25) is 5.32 Å². The summed E-state index contributed by atoms with van der Waals surface area (Å²) >= 11 is 0. The summed E-state index contributed by atoms with van der Waals surface area (Å²) < 4.78 is 40.0. The van der Waals surface area contributed by atoms with Gasteiger partial charge in [0.25, 0.3) is 0 Å². The average molecular weight is 250 g/mol. The van der Waals surface area contributed by atoms with E-state index in [4.69, 9.17) is 10.8 Å². The number of ether oxygens (including phenoxy) is 1. The highest BCUT2D eigenvalue weighted by molar-refractivity contribution is 5.88. The molecule has 0 atom stereocenters. The van der Waals surface area contributed by atoms with E-state index in [1.165, 1.54) is 12.1 Å². The molecule has 0 unspecified atom stereocenters. The molecule has 0 saturated heterocycles. The number of nitrogens with one attached hydrogen (secondary N) is 1. The van der Waals surface area contributed by atoms with Crippen LogP contribution in [-0.4, -0.2) is 24.0 Å². The minimum Gasteiger partial charge on any atom is -0.484 e. The summed E-state index contributed by atoms with van der Waals surface area (Å²) in [5, 5.41) is 10.4. The van der Waals surface area contributed by atoms with Crippen LogP contribution in [0.3, 0.4) is 0 Å². The maximum absolute atomic E-state index is 11.9. The first-order valence-corrected chi connectivity index (χ1v) is 4.37. The molecule has 94 valence electrons. The van der Waals surface area contributed by atoms with Gasteiger partial charge in [-0.25, -0.2) is 4.79 Å². The van der Waals surface area contributed by atoms with Crippen LogP contribution >= 0.6 is 0 Å². The van der Waals surface area contributed by atoms with Crippen molar-refractivity contribution in [1.29, 1.82) is 0 Å². The number of hydrogen-bond donors (Lipinski definition) is 3. The molecule has 0 spiro atoms. The molecule has 0 bridgehead atoms. The molecular formula is C9H9F3N2O3. The van der Waals surface area contributed by atoms with Crippen molar-refractivity contribution in [1.82, 2.24) is 0 Å². The number of carboxylic acid groups (broad SMARTS) is 1. The standard InChI is InChI=1S/C9H9F3N2O3/c10-9(11,12)4-17-5-1-2-6(13)7(3-5)14-8(15)16/h1-3,14H,4,13H2,(H,15,16). The second-order valence-corrected chi connectivity index (χ2v) is 3.08. The first-order chi connectivity index (χ1) is 7.78. The average Bonchev–Trinajstić information content (AvgIpc) is 2.17. The molecule has 1 amide bonds. The Balaban J connectivity index is 2.78. The van der Waals surface area contributed by atoms with Crippen LogP contribution in [-0.2, 0) is 0 Å². The van der Waals surface area contributed by atoms with Crippen LogP contribution in [0.25, 0.3) is 0 Å². The molecule has 17 heavy (non-hydrogen) atoms. The summed E-state index contributed by atoms with van der Waals surface area (Å²) in [5.74, 6) is -0.125. The quantitative estimate of drug-likeness (QED) is 0.718. The molecule has 4 N–H and O–H groups in total. The molecule has 0 aliphatic heterocycles. The normalized spacial score (nSPS) is 11.0. The Morgan fingerprint density at radius 2 is 2.12 bits per heavy atom. The third kappa shape index (κ3) is 4.49. The van der Waals surface area contributed by atoms with Gasteiger partial charge in [0.15, 0.2) is 6.61 Å². The van der Waals surface area contributed by atoms with Gasteiger partial charge >= 0.3 is 12.3 Å². The Bertz CT molecular complexity index is 420.